The first-order valence-electron chi connectivity index (χ1n) is 9.42. The molecule has 0 radical (unpaired) electrons. The maximum absolute atomic E-state index is 13.8. The number of nitrogens with zero attached hydrogens (tertiary/aromatic N) is 6. The van der Waals surface area contributed by atoms with Crippen LogP contribution in [-0.4, -0.2) is 69.7 Å². The molecule has 2 aromatic heterocycles. The lowest BCUT2D eigenvalue weighted by atomic mass is 10.2. The molecular formula is C18H18ClF2N6O3S-. The van der Waals surface area contributed by atoms with Gasteiger partial charge in [0.15, 0.2) is 17.0 Å². The molecule has 3 heterocycles. The Bertz CT molecular complexity index is 1130. The summed E-state index contributed by atoms with van der Waals surface area (Å²) in [5.74, 6) is -3.06. The first-order chi connectivity index (χ1) is 14.7. The molecule has 0 spiro atoms. The highest BCUT2D eigenvalue weighted by Crippen LogP contribution is 2.33. The third-order valence-electron chi connectivity index (χ3n) is 4.88. The monoisotopic (exact) mass is 471 g/mol. The molecule has 0 saturated carbocycles. The molecule has 0 bridgehead atoms. The number of rotatable bonds is 7. The molecule has 9 nitrogen and oxygen atoms in total. The Hall–Kier alpha value is -2.28. The molecule has 4 rings (SSSR count). The number of halogens is 3. The van der Waals surface area contributed by atoms with Crippen molar-refractivity contribution < 1.29 is 22.6 Å². The first kappa shape index (κ1) is 21.9. The third kappa shape index (κ3) is 4.97. The largest absolute Gasteiger partial charge is 0.772 e. The summed E-state index contributed by atoms with van der Waals surface area (Å²) in [6, 6.07) is 7.15. The lowest BCUT2D eigenvalue weighted by Crippen LogP contribution is -2.27. The molecule has 3 aromatic rings. The lowest BCUT2D eigenvalue weighted by molar-refractivity contribution is 0.0257. The average Bonchev–Trinajstić information content (AvgIpc) is 3.25. The van der Waals surface area contributed by atoms with Crippen LogP contribution in [0.4, 0.5) is 14.6 Å². The molecule has 13 heteroatoms. The van der Waals surface area contributed by atoms with E-state index >= 15 is 0 Å². The van der Waals surface area contributed by atoms with Crippen LogP contribution in [0, 0.1) is 0 Å². The van der Waals surface area contributed by atoms with Crippen molar-refractivity contribution in [1.82, 2.24) is 25.0 Å². The first-order valence-corrected chi connectivity index (χ1v) is 11.0. The van der Waals surface area contributed by atoms with E-state index in [9.17, 15) is 22.6 Å². The van der Waals surface area contributed by atoms with Gasteiger partial charge in [0.05, 0.1) is 19.2 Å². The third-order valence-corrected chi connectivity index (χ3v) is 5.91. The Balaban J connectivity index is 1.75. The molecule has 2 atom stereocenters. The summed E-state index contributed by atoms with van der Waals surface area (Å²) in [6.07, 6.45) is -1.73. The Morgan fingerprint density at radius 2 is 2.10 bits per heavy atom. The van der Waals surface area contributed by atoms with Crippen molar-refractivity contribution in [2.24, 2.45) is 0 Å². The maximum Gasteiger partial charge on any atom is 0.266 e. The molecule has 166 valence electrons. The van der Waals surface area contributed by atoms with Crippen LogP contribution in [0.1, 0.15) is 17.8 Å². The van der Waals surface area contributed by atoms with E-state index in [1.54, 1.807) is 12.1 Å². The van der Waals surface area contributed by atoms with Crippen LogP contribution in [0.15, 0.2) is 24.3 Å². The van der Waals surface area contributed by atoms with Gasteiger partial charge in [-0.25, -0.2) is 23.4 Å². The number of aromatic nitrogens is 5. The zero-order chi connectivity index (χ0) is 22.2. The molecule has 0 amide bonds. The van der Waals surface area contributed by atoms with Crippen LogP contribution in [-0.2, 0) is 24.0 Å². The highest BCUT2D eigenvalue weighted by atomic mass is 35.5. The van der Waals surface area contributed by atoms with E-state index in [0.717, 1.165) is 5.56 Å². The van der Waals surface area contributed by atoms with E-state index in [2.05, 4.69) is 20.3 Å². The smallest absolute Gasteiger partial charge is 0.266 e. The zero-order valence-electron chi connectivity index (χ0n) is 16.1. The molecule has 1 aliphatic heterocycles. The summed E-state index contributed by atoms with van der Waals surface area (Å²) in [4.78, 5) is 10.1. The van der Waals surface area contributed by atoms with Gasteiger partial charge in [-0.2, -0.15) is 0 Å². The number of fused-ring (bicyclic) bond motifs is 1. The van der Waals surface area contributed by atoms with E-state index < -0.39 is 35.4 Å². The van der Waals surface area contributed by atoms with Gasteiger partial charge >= 0.3 is 0 Å². The van der Waals surface area contributed by atoms with Crippen LogP contribution in [0.25, 0.3) is 11.2 Å². The number of anilines is 1. The van der Waals surface area contributed by atoms with E-state index in [4.69, 9.17) is 11.6 Å². The normalized spacial score (nSPS) is 17.9. The van der Waals surface area contributed by atoms with Gasteiger partial charge in [-0.1, -0.05) is 46.1 Å². The maximum atomic E-state index is 13.8. The molecule has 0 aliphatic carbocycles. The standard InChI is InChI=1S/C18H19ClF2N6O3S/c19-13-4-2-1-3-11(13)8-27-17-15(24-25-27)16(26-6-5-18(20,21)10-26)22-14(23-17)7-12(28)9-31(29)30/h1-4,12,28H,5-10H2,(H,29,30)/p-1. The fourth-order valence-electron chi connectivity index (χ4n) is 3.44. The van der Waals surface area contributed by atoms with Crippen molar-refractivity contribution in [3.63, 3.8) is 0 Å². The molecule has 1 aliphatic rings. The van der Waals surface area contributed by atoms with Crippen LogP contribution in [0.5, 0.6) is 0 Å². The molecule has 1 fully saturated rings. The minimum Gasteiger partial charge on any atom is -0.772 e. The van der Waals surface area contributed by atoms with Gasteiger partial charge in [-0.15, -0.1) is 5.10 Å². The van der Waals surface area contributed by atoms with Crippen molar-refractivity contribution in [2.75, 3.05) is 23.7 Å². The minimum absolute atomic E-state index is 0.0725. The molecule has 1 saturated heterocycles. The van der Waals surface area contributed by atoms with Crippen molar-refractivity contribution in [1.29, 1.82) is 0 Å². The van der Waals surface area contributed by atoms with Gasteiger partial charge in [-0.05, 0) is 11.6 Å². The van der Waals surface area contributed by atoms with E-state index in [-0.39, 0.29) is 48.7 Å². The summed E-state index contributed by atoms with van der Waals surface area (Å²) < 4.78 is 50.9. The van der Waals surface area contributed by atoms with Crippen LogP contribution < -0.4 is 4.90 Å². The predicted molar refractivity (Wildman–Crippen MR) is 109 cm³/mol. The Kier molecular flexibility index (Phi) is 6.15. The average molecular weight is 472 g/mol. The second kappa shape index (κ2) is 8.69. The van der Waals surface area contributed by atoms with Crippen molar-refractivity contribution in [3.8, 4) is 0 Å². The second-order valence-electron chi connectivity index (χ2n) is 7.33. The minimum atomic E-state index is -2.86. The number of hydrogen-bond donors (Lipinski definition) is 1. The highest BCUT2D eigenvalue weighted by molar-refractivity contribution is 7.79. The molecule has 1 N–H and O–H groups in total. The second-order valence-corrected chi connectivity index (χ2v) is 8.68. The number of benzene rings is 1. The van der Waals surface area contributed by atoms with Crippen LogP contribution >= 0.6 is 11.6 Å². The van der Waals surface area contributed by atoms with Crippen LogP contribution in [0.2, 0.25) is 5.02 Å². The summed E-state index contributed by atoms with van der Waals surface area (Å²) >= 11 is 3.78. The SMILES string of the molecule is O=S([O-])CC(O)Cc1nc(N2CCC(F)(F)C2)c2nnn(Cc3ccccc3Cl)c2n1. The number of alkyl halides is 2. The topological polar surface area (TPSA) is 120 Å². The summed E-state index contributed by atoms with van der Waals surface area (Å²) in [7, 11) is 0. The van der Waals surface area contributed by atoms with Gasteiger partial charge in [0.2, 0.25) is 0 Å². The van der Waals surface area contributed by atoms with Gasteiger partial charge in [-0.3, -0.25) is 4.21 Å². The van der Waals surface area contributed by atoms with Crippen molar-refractivity contribution in [2.45, 2.75) is 31.4 Å². The lowest BCUT2D eigenvalue weighted by Gasteiger charge is -2.19. The Morgan fingerprint density at radius 3 is 2.77 bits per heavy atom. The molecular weight excluding hydrogens is 454 g/mol. The fourth-order valence-corrected chi connectivity index (χ4v) is 4.06. The summed E-state index contributed by atoms with van der Waals surface area (Å²) in [5, 5.41) is 18.7. The van der Waals surface area contributed by atoms with Crippen molar-refractivity contribution >= 4 is 39.7 Å². The van der Waals surface area contributed by atoms with E-state index in [0.29, 0.717) is 5.02 Å². The van der Waals surface area contributed by atoms with Crippen LogP contribution in [0.3, 0.4) is 0 Å². The van der Waals surface area contributed by atoms with Crippen molar-refractivity contribution in [3.05, 3.63) is 40.7 Å². The number of aliphatic hydroxyl groups is 1. The number of hydrogen-bond acceptors (Lipinski definition) is 8. The highest BCUT2D eigenvalue weighted by Gasteiger charge is 2.40. The van der Waals surface area contributed by atoms with Gasteiger partial charge < -0.3 is 14.6 Å². The quantitative estimate of drug-likeness (QED) is 0.515. The van der Waals surface area contributed by atoms with Gasteiger partial charge in [0, 0.05) is 30.2 Å². The van der Waals surface area contributed by atoms with E-state index in [1.807, 2.05) is 12.1 Å². The Labute approximate surface area is 183 Å². The molecule has 31 heavy (non-hydrogen) atoms. The predicted octanol–water partition coefficient (Wildman–Crippen LogP) is 1.55. The fraction of sp³-hybridized carbons (Fsp3) is 0.444. The zero-order valence-corrected chi connectivity index (χ0v) is 17.7. The Morgan fingerprint density at radius 1 is 1.32 bits per heavy atom. The molecule has 2 unspecified atom stereocenters. The van der Waals surface area contributed by atoms with Gasteiger partial charge in [0.1, 0.15) is 5.82 Å². The molecule has 1 aromatic carbocycles. The van der Waals surface area contributed by atoms with E-state index in [1.165, 1.54) is 9.58 Å². The van der Waals surface area contributed by atoms with Gasteiger partial charge in [0.25, 0.3) is 5.92 Å². The number of aliphatic hydroxyl groups excluding tert-OH is 1. The summed E-state index contributed by atoms with van der Waals surface area (Å²) in [5.41, 5.74) is 1.29. The summed E-state index contributed by atoms with van der Waals surface area (Å²) in [6.45, 7) is -0.221.